The van der Waals surface area contributed by atoms with E-state index in [4.69, 9.17) is 4.74 Å². The lowest BCUT2D eigenvalue weighted by Gasteiger charge is -2.11. The van der Waals surface area contributed by atoms with Crippen LogP contribution >= 0.6 is 0 Å². The maximum atomic E-state index is 12.7. The van der Waals surface area contributed by atoms with Gasteiger partial charge in [0.05, 0.1) is 34.9 Å². The van der Waals surface area contributed by atoms with Crippen LogP contribution < -0.4 is 10.1 Å². The second-order valence-corrected chi connectivity index (χ2v) is 7.83. The predicted octanol–water partition coefficient (Wildman–Crippen LogP) is 2.80. The molecule has 0 saturated heterocycles. The Morgan fingerprint density at radius 1 is 1.17 bits per heavy atom. The van der Waals surface area contributed by atoms with Crippen LogP contribution in [0.1, 0.15) is 21.6 Å². The van der Waals surface area contributed by atoms with Gasteiger partial charge in [-0.2, -0.15) is 5.10 Å². The SMILES string of the molecule is COc1ccc(-n2nc3c(c2NC(=O)c2ccc([N+](=O)[O-])cc2)CS(=O)C3)cc1. The Kier molecular flexibility index (Phi) is 4.85. The van der Waals surface area contributed by atoms with Crippen molar-refractivity contribution in [1.29, 1.82) is 0 Å². The molecule has 148 valence electrons. The Labute approximate surface area is 167 Å². The third kappa shape index (κ3) is 3.61. The summed E-state index contributed by atoms with van der Waals surface area (Å²) in [6, 6.07) is 12.5. The molecule has 10 heteroatoms. The van der Waals surface area contributed by atoms with Crippen LogP contribution in [0, 0.1) is 10.1 Å². The Bertz CT molecular complexity index is 1120. The summed E-state index contributed by atoms with van der Waals surface area (Å²) in [6.45, 7) is 0. The molecule has 0 aliphatic carbocycles. The molecule has 0 radical (unpaired) electrons. The van der Waals surface area contributed by atoms with E-state index in [0.29, 0.717) is 34.5 Å². The highest BCUT2D eigenvalue weighted by molar-refractivity contribution is 7.83. The lowest BCUT2D eigenvalue weighted by Crippen LogP contribution is -2.16. The molecule has 1 aliphatic rings. The minimum absolute atomic E-state index is 0.0962. The highest BCUT2D eigenvalue weighted by Gasteiger charge is 2.28. The highest BCUT2D eigenvalue weighted by Crippen LogP contribution is 2.32. The zero-order valence-corrected chi connectivity index (χ0v) is 16.1. The molecule has 29 heavy (non-hydrogen) atoms. The molecule has 1 N–H and O–H groups in total. The third-order valence-corrected chi connectivity index (χ3v) is 5.77. The lowest BCUT2D eigenvalue weighted by molar-refractivity contribution is -0.384. The molecule has 4 rings (SSSR count). The van der Waals surface area contributed by atoms with Gasteiger partial charge in [-0.1, -0.05) is 0 Å². The van der Waals surface area contributed by atoms with Crippen molar-refractivity contribution in [2.45, 2.75) is 11.5 Å². The van der Waals surface area contributed by atoms with E-state index in [-0.39, 0.29) is 11.3 Å². The van der Waals surface area contributed by atoms with Gasteiger partial charge < -0.3 is 10.1 Å². The van der Waals surface area contributed by atoms with Gasteiger partial charge in [0, 0.05) is 34.1 Å². The Hall–Kier alpha value is -3.53. The summed E-state index contributed by atoms with van der Waals surface area (Å²) in [7, 11) is 0.514. The number of rotatable bonds is 5. The van der Waals surface area contributed by atoms with Crippen molar-refractivity contribution in [3.63, 3.8) is 0 Å². The van der Waals surface area contributed by atoms with Gasteiger partial charge in [-0.3, -0.25) is 19.1 Å². The largest absolute Gasteiger partial charge is 0.497 e. The molecular formula is C19H16N4O5S. The summed E-state index contributed by atoms with van der Waals surface area (Å²) in [4.78, 5) is 23.0. The standard InChI is InChI=1S/C19H16N4O5S/c1-28-15-8-6-13(7-9-15)22-18(16-10-29(27)11-17(16)21-22)20-19(24)12-2-4-14(5-3-12)23(25)26/h2-9H,10-11H2,1H3,(H,20,24). The fourth-order valence-corrected chi connectivity index (χ4v) is 4.34. The summed E-state index contributed by atoms with van der Waals surface area (Å²) >= 11 is 0. The van der Waals surface area contributed by atoms with E-state index >= 15 is 0 Å². The van der Waals surface area contributed by atoms with Crippen molar-refractivity contribution in [3.05, 3.63) is 75.5 Å². The smallest absolute Gasteiger partial charge is 0.269 e. The second kappa shape index (κ2) is 7.47. The fourth-order valence-electron chi connectivity index (χ4n) is 3.08. The number of anilines is 1. The Balaban J connectivity index is 1.69. The average molecular weight is 412 g/mol. The molecule has 1 unspecified atom stereocenters. The van der Waals surface area contributed by atoms with E-state index in [1.807, 2.05) is 0 Å². The maximum Gasteiger partial charge on any atom is 0.269 e. The number of carbonyl (C=O) groups is 1. The lowest BCUT2D eigenvalue weighted by atomic mass is 10.2. The van der Waals surface area contributed by atoms with E-state index in [2.05, 4.69) is 10.4 Å². The number of nitrogens with zero attached hydrogens (tertiary/aromatic N) is 3. The van der Waals surface area contributed by atoms with Gasteiger partial charge in [0.2, 0.25) is 0 Å². The van der Waals surface area contributed by atoms with Crippen molar-refractivity contribution in [2.75, 3.05) is 12.4 Å². The number of benzene rings is 2. The van der Waals surface area contributed by atoms with Crippen LogP contribution in [-0.4, -0.2) is 31.9 Å². The molecule has 0 saturated carbocycles. The number of nitro benzene ring substituents is 1. The van der Waals surface area contributed by atoms with Crippen LogP contribution in [0.2, 0.25) is 0 Å². The fraction of sp³-hybridized carbons (Fsp3) is 0.158. The number of methoxy groups -OCH3 is 1. The number of carbonyl (C=O) groups excluding carboxylic acids is 1. The van der Waals surface area contributed by atoms with Crippen molar-refractivity contribution in [2.24, 2.45) is 0 Å². The molecule has 1 aromatic heterocycles. The number of hydrogen-bond acceptors (Lipinski definition) is 6. The van der Waals surface area contributed by atoms with E-state index < -0.39 is 21.6 Å². The van der Waals surface area contributed by atoms with Gasteiger partial charge in [-0.05, 0) is 36.4 Å². The summed E-state index contributed by atoms with van der Waals surface area (Å²) in [5, 5.41) is 18.2. The summed E-state index contributed by atoms with van der Waals surface area (Å²) in [5.74, 6) is 1.33. The molecule has 1 amide bonds. The summed E-state index contributed by atoms with van der Waals surface area (Å²) < 4.78 is 18.7. The van der Waals surface area contributed by atoms with Crippen LogP contribution in [0.15, 0.2) is 48.5 Å². The first-order valence-corrected chi connectivity index (χ1v) is 10.1. The Morgan fingerprint density at radius 3 is 2.48 bits per heavy atom. The first-order valence-electron chi connectivity index (χ1n) is 8.62. The first kappa shape index (κ1) is 18.8. The maximum absolute atomic E-state index is 12.7. The van der Waals surface area contributed by atoms with Gasteiger partial charge in [-0.25, -0.2) is 4.68 Å². The topological polar surface area (TPSA) is 116 Å². The van der Waals surface area contributed by atoms with Gasteiger partial charge in [0.15, 0.2) is 0 Å². The molecule has 2 heterocycles. The molecule has 0 fully saturated rings. The van der Waals surface area contributed by atoms with Crippen molar-refractivity contribution < 1.29 is 18.7 Å². The number of aromatic nitrogens is 2. The number of amides is 1. The molecule has 9 nitrogen and oxygen atoms in total. The van der Waals surface area contributed by atoms with Crippen molar-refractivity contribution in [3.8, 4) is 11.4 Å². The number of non-ortho nitro benzene ring substituents is 1. The molecule has 0 spiro atoms. The average Bonchev–Trinajstić information content (AvgIpc) is 3.25. The van der Waals surface area contributed by atoms with Crippen molar-refractivity contribution >= 4 is 28.2 Å². The van der Waals surface area contributed by atoms with E-state index in [1.165, 1.54) is 24.3 Å². The second-order valence-electron chi connectivity index (χ2n) is 6.37. The molecule has 1 atom stereocenters. The number of nitro groups is 1. The van der Waals surface area contributed by atoms with Crippen LogP contribution in [0.4, 0.5) is 11.5 Å². The number of ether oxygens (including phenoxy) is 1. The summed E-state index contributed by atoms with van der Waals surface area (Å²) in [6.07, 6.45) is 0. The zero-order chi connectivity index (χ0) is 20.5. The minimum atomic E-state index is -1.06. The van der Waals surface area contributed by atoms with Crippen LogP contribution in [0.25, 0.3) is 5.69 Å². The zero-order valence-electron chi connectivity index (χ0n) is 15.3. The molecule has 2 aromatic carbocycles. The van der Waals surface area contributed by atoms with Gasteiger partial charge in [0.1, 0.15) is 11.6 Å². The van der Waals surface area contributed by atoms with E-state index in [0.717, 1.165) is 5.56 Å². The van der Waals surface area contributed by atoms with Crippen LogP contribution in [0.3, 0.4) is 0 Å². The van der Waals surface area contributed by atoms with E-state index in [1.54, 1.807) is 36.1 Å². The van der Waals surface area contributed by atoms with E-state index in [9.17, 15) is 19.1 Å². The van der Waals surface area contributed by atoms with Gasteiger partial charge >= 0.3 is 0 Å². The molecule has 3 aromatic rings. The third-order valence-electron chi connectivity index (χ3n) is 4.56. The van der Waals surface area contributed by atoms with Crippen molar-refractivity contribution in [1.82, 2.24) is 9.78 Å². The number of nitrogens with one attached hydrogen (secondary N) is 1. The molecular weight excluding hydrogens is 396 g/mol. The van der Waals surface area contributed by atoms with Gasteiger partial charge in [-0.15, -0.1) is 0 Å². The first-order chi connectivity index (χ1) is 14.0. The highest BCUT2D eigenvalue weighted by atomic mass is 32.2. The summed E-state index contributed by atoms with van der Waals surface area (Å²) in [5.41, 5.74) is 2.30. The Morgan fingerprint density at radius 2 is 1.86 bits per heavy atom. The minimum Gasteiger partial charge on any atom is -0.497 e. The molecule has 0 bridgehead atoms. The molecule has 1 aliphatic heterocycles. The quantitative estimate of drug-likeness (QED) is 0.509. The van der Waals surface area contributed by atoms with Gasteiger partial charge in [0.25, 0.3) is 11.6 Å². The predicted molar refractivity (Wildman–Crippen MR) is 107 cm³/mol. The van der Waals surface area contributed by atoms with Crippen LogP contribution in [-0.2, 0) is 22.3 Å². The van der Waals surface area contributed by atoms with Crippen LogP contribution in [0.5, 0.6) is 5.75 Å². The normalized spacial score (nSPS) is 15.0. The number of hydrogen-bond donors (Lipinski definition) is 1. The monoisotopic (exact) mass is 412 g/mol. The number of fused-ring (bicyclic) bond motifs is 1.